The van der Waals surface area contributed by atoms with Crippen LogP contribution in [0.4, 0.5) is 0 Å². The zero-order valence-corrected chi connectivity index (χ0v) is 11.8. The number of methoxy groups -OCH3 is 1. The monoisotopic (exact) mass is 259 g/mol. The van der Waals surface area contributed by atoms with Crippen molar-refractivity contribution in [3.63, 3.8) is 0 Å². The van der Waals surface area contributed by atoms with Crippen LogP contribution in [-0.4, -0.2) is 27.0 Å². The lowest BCUT2D eigenvalue weighted by Crippen LogP contribution is -2.10. The Morgan fingerprint density at radius 2 is 2.00 bits per heavy atom. The van der Waals surface area contributed by atoms with Crippen molar-refractivity contribution in [2.45, 2.75) is 13.3 Å². The minimum absolute atomic E-state index is 0.750. The van der Waals surface area contributed by atoms with Crippen LogP contribution in [0.3, 0.4) is 0 Å². The number of aldehydes is 1. The number of fused-ring (bicyclic) bond motifs is 1. The quantitative estimate of drug-likeness (QED) is 0.858. The normalized spacial score (nSPS) is 9.63. The molecular weight excluding hydrogens is 238 g/mol. The highest BCUT2D eigenvalue weighted by molar-refractivity contribution is 5.87. The molecule has 0 radical (unpaired) electrons. The molecule has 2 aromatic carbocycles. The third-order valence-corrected chi connectivity index (χ3v) is 2.82. The summed E-state index contributed by atoms with van der Waals surface area (Å²) in [6, 6.07) is 12.7. The smallest absolute Gasteiger partial charge is 0.119 e. The van der Waals surface area contributed by atoms with Crippen LogP contribution in [0.15, 0.2) is 36.4 Å². The number of carbonyl (C=O) groups is 1. The molecule has 0 amide bonds. The van der Waals surface area contributed by atoms with Gasteiger partial charge in [0.1, 0.15) is 12.0 Å². The van der Waals surface area contributed by atoms with Gasteiger partial charge in [0.15, 0.2) is 0 Å². The van der Waals surface area contributed by atoms with Crippen LogP contribution >= 0.6 is 0 Å². The van der Waals surface area contributed by atoms with Crippen LogP contribution in [0.5, 0.6) is 5.75 Å². The topological polar surface area (TPSA) is 38.3 Å². The lowest BCUT2D eigenvalue weighted by molar-refractivity contribution is -0.106. The van der Waals surface area contributed by atoms with E-state index in [1.165, 1.54) is 23.3 Å². The maximum atomic E-state index is 8.81. The van der Waals surface area contributed by atoms with Crippen LogP contribution in [0.25, 0.3) is 10.8 Å². The van der Waals surface area contributed by atoms with Crippen LogP contribution in [-0.2, 0) is 11.2 Å². The molecule has 0 unspecified atom stereocenters. The third kappa shape index (κ3) is 4.38. The summed E-state index contributed by atoms with van der Waals surface area (Å²) in [4.78, 5) is 8.81. The first-order valence-electron chi connectivity index (χ1n) is 6.36. The van der Waals surface area contributed by atoms with Crippen molar-refractivity contribution in [2.24, 2.45) is 0 Å². The molecule has 0 aliphatic heterocycles. The summed E-state index contributed by atoms with van der Waals surface area (Å²) in [6.07, 6.45) is 1.79. The van der Waals surface area contributed by atoms with Crippen molar-refractivity contribution < 1.29 is 9.53 Å². The fourth-order valence-corrected chi connectivity index (χ4v) is 1.92. The van der Waals surface area contributed by atoms with Crippen molar-refractivity contribution in [1.29, 1.82) is 0 Å². The summed E-state index contributed by atoms with van der Waals surface area (Å²) < 4.78 is 5.27. The first kappa shape index (κ1) is 15.2. The first-order valence-corrected chi connectivity index (χ1v) is 6.36. The number of hydrogen-bond acceptors (Lipinski definition) is 3. The number of hydrogen-bond donors (Lipinski definition) is 1. The molecule has 0 heterocycles. The van der Waals surface area contributed by atoms with Gasteiger partial charge in [-0.1, -0.05) is 24.3 Å². The summed E-state index contributed by atoms with van der Waals surface area (Å²) in [5.41, 5.74) is 1.37. The highest BCUT2D eigenvalue weighted by atomic mass is 16.5. The lowest BCUT2D eigenvalue weighted by Gasteiger charge is -2.08. The average Bonchev–Trinajstić information content (AvgIpc) is 2.45. The van der Waals surface area contributed by atoms with Crippen molar-refractivity contribution >= 4 is 17.1 Å². The second kappa shape index (κ2) is 8.27. The van der Waals surface area contributed by atoms with E-state index in [1.807, 2.05) is 13.1 Å². The van der Waals surface area contributed by atoms with Crippen LogP contribution in [0.1, 0.15) is 12.5 Å². The van der Waals surface area contributed by atoms with Gasteiger partial charge in [-0.2, -0.15) is 0 Å². The van der Waals surface area contributed by atoms with E-state index in [0.29, 0.717) is 0 Å². The highest BCUT2D eigenvalue weighted by Crippen LogP contribution is 2.24. The van der Waals surface area contributed by atoms with Crippen molar-refractivity contribution in [1.82, 2.24) is 5.32 Å². The van der Waals surface area contributed by atoms with Crippen LogP contribution < -0.4 is 10.1 Å². The van der Waals surface area contributed by atoms with E-state index in [4.69, 9.17) is 9.53 Å². The molecule has 0 saturated heterocycles. The van der Waals surface area contributed by atoms with Crippen LogP contribution in [0.2, 0.25) is 0 Å². The van der Waals surface area contributed by atoms with Gasteiger partial charge in [0.05, 0.1) is 7.11 Å². The van der Waals surface area contributed by atoms with Crippen molar-refractivity contribution in [3.05, 3.63) is 42.0 Å². The second-order valence-electron chi connectivity index (χ2n) is 4.09. The lowest BCUT2D eigenvalue weighted by atomic mass is 10.0. The number of ether oxygens (including phenoxy) is 1. The minimum Gasteiger partial charge on any atom is -0.497 e. The van der Waals surface area contributed by atoms with Gasteiger partial charge >= 0.3 is 0 Å². The first-order chi connectivity index (χ1) is 9.26. The number of nitrogens with one attached hydrogen (secondary N) is 1. The fourth-order valence-electron chi connectivity index (χ4n) is 1.92. The average molecular weight is 259 g/mol. The molecule has 0 aliphatic carbocycles. The van der Waals surface area contributed by atoms with Gasteiger partial charge in [0, 0.05) is 0 Å². The molecule has 0 aromatic heterocycles. The summed E-state index contributed by atoms with van der Waals surface area (Å²) in [7, 11) is 3.68. The highest BCUT2D eigenvalue weighted by Gasteiger charge is 2.01. The SMILES string of the molecule is CC=O.CNCCc1cccc2ccc(OC)cc12. The molecule has 2 rings (SSSR count). The summed E-state index contributed by atoms with van der Waals surface area (Å²) >= 11 is 0. The summed E-state index contributed by atoms with van der Waals surface area (Å²) in [6.45, 7) is 2.44. The van der Waals surface area contributed by atoms with Gasteiger partial charge in [0.25, 0.3) is 0 Å². The van der Waals surface area contributed by atoms with E-state index in [-0.39, 0.29) is 0 Å². The zero-order chi connectivity index (χ0) is 14.1. The molecule has 0 bridgehead atoms. The zero-order valence-electron chi connectivity index (χ0n) is 11.8. The molecule has 1 N–H and O–H groups in total. The van der Waals surface area contributed by atoms with E-state index in [0.717, 1.165) is 25.0 Å². The fraction of sp³-hybridized carbons (Fsp3) is 0.312. The molecule has 2 aromatic rings. The van der Waals surface area contributed by atoms with Crippen molar-refractivity contribution in [2.75, 3.05) is 20.7 Å². The molecule has 0 saturated carbocycles. The van der Waals surface area contributed by atoms with Crippen LogP contribution in [0, 0.1) is 0 Å². The van der Waals surface area contributed by atoms with Gasteiger partial charge < -0.3 is 14.8 Å². The maximum absolute atomic E-state index is 8.81. The predicted molar refractivity (Wildman–Crippen MR) is 79.9 cm³/mol. The number of rotatable bonds is 4. The number of benzene rings is 2. The maximum Gasteiger partial charge on any atom is 0.119 e. The molecule has 19 heavy (non-hydrogen) atoms. The molecule has 3 nitrogen and oxygen atoms in total. The Morgan fingerprint density at radius 3 is 2.63 bits per heavy atom. The molecule has 0 aliphatic rings. The molecule has 3 heteroatoms. The van der Waals surface area contributed by atoms with E-state index >= 15 is 0 Å². The summed E-state index contributed by atoms with van der Waals surface area (Å²) in [5, 5.41) is 5.74. The standard InChI is InChI=1S/C14H17NO.C2H4O/c1-15-9-8-12-5-3-4-11-6-7-13(16-2)10-14(11)12;1-2-3/h3-7,10,15H,8-9H2,1-2H3;2H,1H3. The van der Waals surface area contributed by atoms with E-state index in [2.05, 4.69) is 35.6 Å². The Kier molecular flexibility index (Phi) is 6.61. The Balaban J connectivity index is 0.000000550. The molecule has 0 fully saturated rings. The largest absolute Gasteiger partial charge is 0.497 e. The minimum atomic E-state index is 0.750. The van der Waals surface area contributed by atoms with Crippen molar-refractivity contribution in [3.8, 4) is 5.75 Å². The van der Waals surface area contributed by atoms with Gasteiger partial charge in [-0.3, -0.25) is 0 Å². The van der Waals surface area contributed by atoms with E-state index < -0.39 is 0 Å². The molecular formula is C16H21NO2. The summed E-state index contributed by atoms with van der Waals surface area (Å²) in [5.74, 6) is 0.921. The van der Waals surface area contributed by atoms with E-state index in [1.54, 1.807) is 7.11 Å². The Labute approximate surface area is 114 Å². The second-order valence-corrected chi connectivity index (χ2v) is 4.09. The molecule has 0 atom stereocenters. The van der Waals surface area contributed by atoms with Gasteiger partial charge in [-0.25, -0.2) is 0 Å². The van der Waals surface area contributed by atoms with Gasteiger partial charge in [0.2, 0.25) is 0 Å². The molecule has 102 valence electrons. The number of carbonyl (C=O) groups excluding carboxylic acids is 1. The Morgan fingerprint density at radius 1 is 1.26 bits per heavy atom. The predicted octanol–water partition coefficient (Wildman–Crippen LogP) is 2.82. The Hall–Kier alpha value is -1.87. The number of likely N-dealkylation sites (N-methyl/N-ethyl adjacent to an activating group) is 1. The van der Waals surface area contributed by atoms with Gasteiger partial charge in [-0.05, 0) is 55.4 Å². The van der Waals surface area contributed by atoms with Gasteiger partial charge in [-0.15, -0.1) is 0 Å². The van der Waals surface area contributed by atoms with E-state index in [9.17, 15) is 0 Å². The molecule has 0 spiro atoms. The third-order valence-electron chi connectivity index (χ3n) is 2.82. The Bertz CT molecular complexity index is 523.